The Morgan fingerprint density at radius 3 is 2.63 bits per heavy atom. The first-order valence-electron chi connectivity index (χ1n) is 8.68. The van der Waals surface area contributed by atoms with Crippen LogP contribution in [0.25, 0.3) is 0 Å². The molecule has 0 saturated heterocycles. The summed E-state index contributed by atoms with van der Waals surface area (Å²) in [6.07, 6.45) is 2.18. The van der Waals surface area contributed by atoms with Crippen LogP contribution in [0.3, 0.4) is 0 Å². The lowest BCUT2D eigenvalue weighted by Gasteiger charge is -2.24. The second-order valence-corrected chi connectivity index (χ2v) is 6.86. The number of hydrogen-bond donors (Lipinski definition) is 2. The third-order valence-corrected chi connectivity index (χ3v) is 4.87. The number of amides is 1. The van der Waals surface area contributed by atoms with Crippen LogP contribution in [0.2, 0.25) is 0 Å². The van der Waals surface area contributed by atoms with E-state index in [1.165, 1.54) is 14.1 Å². The molecular weight excluding hydrogens is 372 g/mol. The summed E-state index contributed by atoms with van der Waals surface area (Å²) in [6.45, 7) is 4.55. The van der Waals surface area contributed by atoms with E-state index in [2.05, 4.69) is 20.5 Å². The molecule has 0 aromatic carbocycles. The number of H-pyrrole nitrogens is 1. The third kappa shape index (κ3) is 4.76. The number of aromatic nitrogens is 6. The molecular formula is C15H24N8O3S. The molecule has 2 rings (SSSR count). The Kier molecular flexibility index (Phi) is 7.16. The molecule has 0 radical (unpaired) electrons. The number of anilines is 2. The Morgan fingerprint density at radius 2 is 2.04 bits per heavy atom. The molecule has 0 aliphatic carbocycles. The lowest BCUT2D eigenvalue weighted by molar-refractivity contribution is -0.116. The fraction of sp³-hybridized carbons (Fsp3) is 0.600. The maximum atomic E-state index is 12.8. The van der Waals surface area contributed by atoms with Gasteiger partial charge in [-0.2, -0.15) is 0 Å². The number of unbranched alkanes of at least 4 members (excludes halogenated alkanes) is 1. The molecule has 148 valence electrons. The molecule has 0 saturated carbocycles. The first kappa shape index (κ1) is 20.7. The van der Waals surface area contributed by atoms with E-state index >= 15 is 0 Å². The topological polar surface area (TPSA) is 145 Å². The molecule has 0 bridgehead atoms. The molecule has 12 heteroatoms. The van der Waals surface area contributed by atoms with Gasteiger partial charge in [0, 0.05) is 20.1 Å². The standard InChI is InChI=1S/C15H24N8O3S/c1-4-6-8-22(10(24)9-27-15-18-19-20-21(15)3)11-12(16)23(7-5-2)14(26)17-13(11)25/h4-9,16H2,1-3H3,(H,17,25,26). The number of thioether (sulfide) groups is 1. The number of carbonyl (C=O) groups excluding carboxylic acids is 1. The maximum Gasteiger partial charge on any atom is 0.330 e. The SMILES string of the molecule is CCCCN(C(=O)CSc1nnnn1C)c1c(N)n(CCC)c(=O)[nH]c1=O. The van der Waals surface area contributed by atoms with Crippen LogP contribution in [-0.4, -0.2) is 48.0 Å². The van der Waals surface area contributed by atoms with E-state index in [9.17, 15) is 14.4 Å². The number of hydrogen-bond acceptors (Lipinski definition) is 8. The molecule has 0 aliphatic rings. The van der Waals surface area contributed by atoms with Gasteiger partial charge in [0.25, 0.3) is 5.56 Å². The molecule has 0 aliphatic heterocycles. The average Bonchev–Trinajstić information content (AvgIpc) is 3.04. The van der Waals surface area contributed by atoms with Crippen molar-refractivity contribution in [3.8, 4) is 0 Å². The van der Waals surface area contributed by atoms with E-state index in [0.29, 0.717) is 31.1 Å². The Bertz CT molecular complexity index is 903. The second-order valence-electron chi connectivity index (χ2n) is 5.92. The molecule has 0 unspecified atom stereocenters. The van der Waals surface area contributed by atoms with Crippen molar-refractivity contribution < 1.29 is 4.79 Å². The molecule has 2 aromatic rings. The first-order valence-corrected chi connectivity index (χ1v) is 9.67. The van der Waals surface area contributed by atoms with Crippen molar-refractivity contribution in [3.63, 3.8) is 0 Å². The summed E-state index contributed by atoms with van der Waals surface area (Å²) in [5, 5.41) is 11.5. The van der Waals surface area contributed by atoms with Gasteiger partial charge in [-0.25, -0.2) is 9.48 Å². The number of rotatable bonds is 9. The minimum absolute atomic E-state index is 0.000350. The van der Waals surface area contributed by atoms with Crippen LogP contribution < -0.4 is 21.9 Å². The van der Waals surface area contributed by atoms with Gasteiger partial charge < -0.3 is 10.6 Å². The van der Waals surface area contributed by atoms with Gasteiger partial charge in [0.05, 0.1) is 5.75 Å². The Labute approximate surface area is 159 Å². The van der Waals surface area contributed by atoms with Crippen molar-refractivity contribution in [3.05, 3.63) is 20.8 Å². The predicted molar refractivity (Wildman–Crippen MR) is 103 cm³/mol. The van der Waals surface area contributed by atoms with Gasteiger partial charge in [-0.15, -0.1) is 5.10 Å². The van der Waals surface area contributed by atoms with Crippen molar-refractivity contribution in [1.29, 1.82) is 0 Å². The number of tetrazole rings is 1. The van der Waals surface area contributed by atoms with Gasteiger partial charge in [-0.3, -0.25) is 19.1 Å². The number of carbonyl (C=O) groups is 1. The largest absolute Gasteiger partial charge is 0.383 e. The molecule has 11 nitrogen and oxygen atoms in total. The highest BCUT2D eigenvalue weighted by molar-refractivity contribution is 7.99. The van der Waals surface area contributed by atoms with Crippen LogP contribution in [0.1, 0.15) is 33.1 Å². The highest BCUT2D eigenvalue weighted by Gasteiger charge is 2.24. The summed E-state index contributed by atoms with van der Waals surface area (Å²) in [5.74, 6) is -0.278. The van der Waals surface area contributed by atoms with Crippen molar-refractivity contribution >= 4 is 29.2 Å². The fourth-order valence-corrected chi connectivity index (χ4v) is 3.23. The van der Waals surface area contributed by atoms with E-state index in [1.54, 1.807) is 7.05 Å². The minimum atomic E-state index is -0.667. The van der Waals surface area contributed by atoms with Crippen molar-refractivity contribution in [2.45, 2.75) is 44.8 Å². The molecule has 2 aromatic heterocycles. The number of nitrogens with two attached hydrogens (primary N) is 1. The van der Waals surface area contributed by atoms with Gasteiger partial charge in [0.2, 0.25) is 11.1 Å². The summed E-state index contributed by atoms with van der Waals surface area (Å²) < 4.78 is 2.74. The summed E-state index contributed by atoms with van der Waals surface area (Å²) in [7, 11) is 1.67. The molecule has 0 atom stereocenters. The number of nitrogens with zero attached hydrogens (tertiary/aromatic N) is 6. The molecule has 27 heavy (non-hydrogen) atoms. The van der Waals surface area contributed by atoms with E-state index in [-0.39, 0.29) is 23.2 Å². The zero-order valence-electron chi connectivity index (χ0n) is 15.6. The van der Waals surface area contributed by atoms with Crippen LogP contribution in [0.15, 0.2) is 14.7 Å². The van der Waals surface area contributed by atoms with Gasteiger partial charge in [-0.05, 0) is 23.3 Å². The molecule has 0 spiro atoms. The summed E-state index contributed by atoms with van der Waals surface area (Å²) in [6, 6.07) is 0. The second kappa shape index (κ2) is 9.35. The molecule has 0 fully saturated rings. The number of aryl methyl sites for hydroxylation is 1. The third-order valence-electron chi connectivity index (χ3n) is 3.87. The van der Waals surface area contributed by atoms with Gasteiger partial charge in [0.1, 0.15) is 5.82 Å². The fourth-order valence-electron chi connectivity index (χ4n) is 2.51. The lowest BCUT2D eigenvalue weighted by atomic mass is 10.2. The highest BCUT2D eigenvalue weighted by Crippen LogP contribution is 2.20. The molecule has 2 heterocycles. The van der Waals surface area contributed by atoms with Crippen LogP contribution in [0.5, 0.6) is 0 Å². The predicted octanol–water partition coefficient (Wildman–Crippen LogP) is -0.0223. The van der Waals surface area contributed by atoms with Gasteiger partial charge in [0.15, 0.2) is 5.69 Å². The van der Waals surface area contributed by atoms with Crippen LogP contribution in [0.4, 0.5) is 11.5 Å². The zero-order chi connectivity index (χ0) is 20.0. The number of nitrogen functional groups attached to an aromatic ring is 1. The molecule has 1 amide bonds. The van der Waals surface area contributed by atoms with Gasteiger partial charge >= 0.3 is 5.69 Å². The summed E-state index contributed by atoms with van der Waals surface area (Å²) >= 11 is 1.16. The van der Waals surface area contributed by atoms with Gasteiger partial charge in [-0.1, -0.05) is 32.0 Å². The number of nitrogens with one attached hydrogen (secondary N) is 1. The quantitative estimate of drug-likeness (QED) is 0.562. The Hall–Kier alpha value is -2.63. The van der Waals surface area contributed by atoms with E-state index in [1.807, 2.05) is 13.8 Å². The average molecular weight is 396 g/mol. The van der Waals surface area contributed by atoms with Crippen LogP contribution in [0, 0.1) is 0 Å². The Balaban J connectivity index is 2.36. The lowest BCUT2D eigenvalue weighted by Crippen LogP contribution is -2.42. The van der Waals surface area contributed by atoms with E-state index in [0.717, 1.165) is 18.2 Å². The van der Waals surface area contributed by atoms with Crippen molar-refractivity contribution in [2.75, 3.05) is 22.9 Å². The van der Waals surface area contributed by atoms with Crippen LogP contribution in [-0.2, 0) is 18.4 Å². The van der Waals surface area contributed by atoms with Crippen molar-refractivity contribution in [1.82, 2.24) is 29.8 Å². The summed E-state index contributed by atoms with van der Waals surface area (Å²) in [5.41, 5.74) is 4.87. The van der Waals surface area contributed by atoms with E-state index < -0.39 is 11.2 Å². The zero-order valence-corrected chi connectivity index (χ0v) is 16.5. The van der Waals surface area contributed by atoms with Crippen LogP contribution >= 0.6 is 11.8 Å². The highest BCUT2D eigenvalue weighted by atomic mass is 32.2. The maximum absolute atomic E-state index is 12.8. The Morgan fingerprint density at radius 1 is 1.30 bits per heavy atom. The monoisotopic (exact) mass is 396 g/mol. The number of aromatic amines is 1. The smallest absolute Gasteiger partial charge is 0.330 e. The minimum Gasteiger partial charge on any atom is -0.383 e. The van der Waals surface area contributed by atoms with Crippen molar-refractivity contribution in [2.24, 2.45) is 7.05 Å². The molecule has 3 N–H and O–H groups in total. The normalized spacial score (nSPS) is 10.9. The summed E-state index contributed by atoms with van der Waals surface area (Å²) in [4.78, 5) is 40.9. The van der Waals surface area contributed by atoms with E-state index in [4.69, 9.17) is 5.73 Å². The first-order chi connectivity index (χ1) is 12.9.